The van der Waals surface area contributed by atoms with E-state index in [0.717, 1.165) is 16.3 Å². The Morgan fingerprint density at radius 2 is 2.05 bits per heavy atom. The monoisotopic (exact) mass is 289 g/mol. The molecule has 2 aromatic rings. The summed E-state index contributed by atoms with van der Waals surface area (Å²) in [6.45, 7) is 3.90. The van der Waals surface area contributed by atoms with Gasteiger partial charge < -0.3 is 5.32 Å². The lowest BCUT2D eigenvalue weighted by atomic mass is 10.2. The number of anilines is 1. The van der Waals surface area contributed by atoms with Crippen molar-refractivity contribution in [2.45, 2.75) is 23.8 Å². The third kappa shape index (κ3) is 3.08. The molecule has 0 saturated heterocycles. The molecular formula is C14H15N3O2S. The first kappa shape index (κ1) is 14.3. The van der Waals surface area contributed by atoms with E-state index in [-0.39, 0.29) is 10.6 Å². The summed E-state index contributed by atoms with van der Waals surface area (Å²) < 4.78 is 0. The number of nitrogens with one attached hydrogen (secondary N) is 1. The highest BCUT2D eigenvalue weighted by atomic mass is 32.2. The summed E-state index contributed by atoms with van der Waals surface area (Å²) >= 11 is 1.31. The number of aryl methyl sites for hydroxylation is 2. The molecule has 1 aromatic carbocycles. The van der Waals surface area contributed by atoms with Crippen LogP contribution < -0.4 is 5.32 Å². The standard InChI is InChI=1S/C14H15N3O2S/c1-9-7-10(2)16-13(8-9)20-12-6-4-5-11(15-3)14(12)17(18)19/h4-8,15H,1-3H3. The summed E-state index contributed by atoms with van der Waals surface area (Å²) in [4.78, 5) is 15.9. The molecule has 0 atom stereocenters. The Kier molecular flexibility index (Phi) is 4.24. The van der Waals surface area contributed by atoms with E-state index in [4.69, 9.17) is 0 Å². The molecular weight excluding hydrogens is 274 g/mol. The van der Waals surface area contributed by atoms with Crippen LogP contribution in [-0.2, 0) is 0 Å². The molecule has 5 nitrogen and oxygen atoms in total. The number of para-hydroxylation sites is 1. The van der Waals surface area contributed by atoms with Crippen molar-refractivity contribution in [2.75, 3.05) is 12.4 Å². The summed E-state index contributed by atoms with van der Waals surface area (Å²) in [5, 5.41) is 14.9. The Balaban J connectivity index is 2.45. The minimum absolute atomic E-state index is 0.0842. The quantitative estimate of drug-likeness (QED) is 0.685. The molecule has 1 aromatic heterocycles. The van der Waals surface area contributed by atoms with Crippen LogP contribution in [0, 0.1) is 24.0 Å². The number of nitro benzene ring substituents is 1. The van der Waals surface area contributed by atoms with Gasteiger partial charge in [-0.3, -0.25) is 10.1 Å². The van der Waals surface area contributed by atoms with Crippen LogP contribution in [0.3, 0.4) is 0 Å². The lowest BCUT2D eigenvalue weighted by Crippen LogP contribution is -1.98. The second-order valence-corrected chi connectivity index (χ2v) is 5.45. The largest absolute Gasteiger partial charge is 0.383 e. The fourth-order valence-corrected chi connectivity index (χ4v) is 3.05. The van der Waals surface area contributed by atoms with Gasteiger partial charge in [-0.1, -0.05) is 17.8 Å². The number of nitrogens with zero attached hydrogens (tertiary/aromatic N) is 2. The minimum atomic E-state index is -0.364. The molecule has 0 saturated carbocycles. The number of nitro groups is 1. The van der Waals surface area contributed by atoms with Crippen LogP contribution >= 0.6 is 11.8 Å². The van der Waals surface area contributed by atoms with Crippen molar-refractivity contribution in [1.29, 1.82) is 0 Å². The fourth-order valence-electron chi connectivity index (χ4n) is 1.96. The van der Waals surface area contributed by atoms with Gasteiger partial charge in [-0.25, -0.2) is 4.98 Å². The molecule has 0 radical (unpaired) electrons. The molecule has 1 N–H and O–H groups in total. The number of pyridine rings is 1. The Morgan fingerprint density at radius 3 is 2.65 bits per heavy atom. The van der Waals surface area contributed by atoms with Gasteiger partial charge in [0.1, 0.15) is 10.7 Å². The SMILES string of the molecule is CNc1cccc(Sc2cc(C)cc(C)n2)c1[N+](=O)[O-]. The Hall–Kier alpha value is -2.08. The Labute approximate surface area is 121 Å². The van der Waals surface area contributed by atoms with Crippen LogP contribution in [0.5, 0.6) is 0 Å². The zero-order valence-electron chi connectivity index (χ0n) is 11.5. The Morgan fingerprint density at radius 1 is 1.30 bits per heavy atom. The minimum Gasteiger partial charge on any atom is -0.383 e. The maximum Gasteiger partial charge on any atom is 0.306 e. The van der Waals surface area contributed by atoms with Crippen LogP contribution in [0.4, 0.5) is 11.4 Å². The van der Waals surface area contributed by atoms with E-state index in [9.17, 15) is 10.1 Å². The third-order valence-corrected chi connectivity index (χ3v) is 3.71. The highest BCUT2D eigenvalue weighted by Crippen LogP contribution is 2.38. The van der Waals surface area contributed by atoms with Gasteiger partial charge in [0.25, 0.3) is 0 Å². The third-order valence-electron chi connectivity index (χ3n) is 2.74. The van der Waals surface area contributed by atoms with Gasteiger partial charge in [-0.2, -0.15) is 0 Å². The van der Waals surface area contributed by atoms with E-state index < -0.39 is 0 Å². The van der Waals surface area contributed by atoms with Crippen molar-refractivity contribution < 1.29 is 4.92 Å². The van der Waals surface area contributed by atoms with Crippen LogP contribution in [0.25, 0.3) is 0 Å². The summed E-state index contributed by atoms with van der Waals surface area (Å²) in [5.41, 5.74) is 2.58. The molecule has 0 aliphatic heterocycles. The lowest BCUT2D eigenvalue weighted by Gasteiger charge is -2.07. The number of rotatable bonds is 4. The van der Waals surface area contributed by atoms with Crippen molar-refractivity contribution >= 4 is 23.1 Å². The molecule has 2 rings (SSSR count). The van der Waals surface area contributed by atoms with Crippen molar-refractivity contribution in [3.8, 4) is 0 Å². The smallest absolute Gasteiger partial charge is 0.306 e. The fraction of sp³-hybridized carbons (Fsp3) is 0.214. The zero-order valence-corrected chi connectivity index (χ0v) is 12.3. The van der Waals surface area contributed by atoms with E-state index in [1.807, 2.05) is 26.0 Å². The number of hydrogen-bond donors (Lipinski definition) is 1. The van der Waals surface area contributed by atoms with Gasteiger partial charge in [0.05, 0.1) is 9.82 Å². The Bertz CT molecular complexity index is 639. The van der Waals surface area contributed by atoms with Crippen molar-refractivity contribution in [1.82, 2.24) is 4.98 Å². The molecule has 0 unspecified atom stereocenters. The normalized spacial score (nSPS) is 10.3. The molecule has 6 heteroatoms. The average Bonchev–Trinajstić information content (AvgIpc) is 2.36. The lowest BCUT2D eigenvalue weighted by molar-refractivity contribution is -0.386. The molecule has 0 bridgehead atoms. The summed E-state index contributed by atoms with van der Waals surface area (Å²) in [7, 11) is 1.67. The van der Waals surface area contributed by atoms with E-state index in [0.29, 0.717) is 10.6 Å². The van der Waals surface area contributed by atoms with Gasteiger partial charge in [-0.15, -0.1) is 0 Å². The van der Waals surface area contributed by atoms with Gasteiger partial charge in [0, 0.05) is 12.7 Å². The predicted molar refractivity (Wildman–Crippen MR) is 80.5 cm³/mol. The summed E-state index contributed by atoms with van der Waals surface area (Å²) in [6.07, 6.45) is 0. The van der Waals surface area contributed by atoms with Gasteiger partial charge in [-0.05, 0) is 43.7 Å². The van der Waals surface area contributed by atoms with Crippen LogP contribution in [0.1, 0.15) is 11.3 Å². The number of aromatic nitrogens is 1. The van der Waals surface area contributed by atoms with E-state index in [2.05, 4.69) is 10.3 Å². The second kappa shape index (κ2) is 5.92. The molecule has 0 spiro atoms. The second-order valence-electron chi connectivity index (χ2n) is 4.39. The van der Waals surface area contributed by atoms with Gasteiger partial charge in [0.15, 0.2) is 0 Å². The van der Waals surface area contributed by atoms with E-state index >= 15 is 0 Å². The maximum absolute atomic E-state index is 11.3. The molecule has 0 aliphatic carbocycles. The molecule has 0 amide bonds. The topological polar surface area (TPSA) is 68.1 Å². The van der Waals surface area contributed by atoms with Crippen molar-refractivity contribution in [2.24, 2.45) is 0 Å². The average molecular weight is 289 g/mol. The van der Waals surface area contributed by atoms with Crippen molar-refractivity contribution in [3.05, 3.63) is 51.7 Å². The first-order chi connectivity index (χ1) is 9.51. The van der Waals surface area contributed by atoms with E-state index in [1.54, 1.807) is 25.2 Å². The molecule has 104 valence electrons. The number of hydrogen-bond acceptors (Lipinski definition) is 5. The highest BCUT2D eigenvalue weighted by molar-refractivity contribution is 7.99. The molecule has 0 aliphatic rings. The molecule has 20 heavy (non-hydrogen) atoms. The summed E-state index contributed by atoms with van der Waals surface area (Å²) in [6, 6.07) is 9.12. The van der Waals surface area contributed by atoms with Crippen molar-refractivity contribution in [3.63, 3.8) is 0 Å². The van der Waals surface area contributed by atoms with E-state index in [1.165, 1.54) is 11.8 Å². The van der Waals surface area contributed by atoms with Crippen LogP contribution in [0.2, 0.25) is 0 Å². The maximum atomic E-state index is 11.3. The molecule has 1 heterocycles. The highest BCUT2D eigenvalue weighted by Gasteiger charge is 2.20. The summed E-state index contributed by atoms with van der Waals surface area (Å²) in [5.74, 6) is 0. The first-order valence-electron chi connectivity index (χ1n) is 6.09. The van der Waals surface area contributed by atoms with Crippen LogP contribution in [-0.4, -0.2) is 17.0 Å². The zero-order chi connectivity index (χ0) is 14.7. The predicted octanol–water partition coefficient (Wildman–Crippen LogP) is 3.80. The van der Waals surface area contributed by atoms with Gasteiger partial charge >= 0.3 is 5.69 Å². The van der Waals surface area contributed by atoms with Crippen LogP contribution in [0.15, 0.2) is 40.3 Å². The first-order valence-corrected chi connectivity index (χ1v) is 6.91. The molecule has 0 fully saturated rings. The number of benzene rings is 1. The van der Waals surface area contributed by atoms with Gasteiger partial charge in [0.2, 0.25) is 0 Å².